The minimum atomic E-state index is -0.320. The second kappa shape index (κ2) is 9.61. The fourth-order valence-corrected chi connectivity index (χ4v) is 4.46. The molecule has 0 saturated heterocycles. The van der Waals surface area contributed by atoms with E-state index in [9.17, 15) is 4.79 Å². The summed E-state index contributed by atoms with van der Waals surface area (Å²) in [6.45, 7) is 4.93. The van der Waals surface area contributed by atoms with Gasteiger partial charge in [-0.25, -0.2) is 4.79 Å². The van der Waals surface area contributed by atoms with E-state index in [0.29, 0.717) is 23.1 Å². The molecule has 5 heteroatoms. The Labute approximate surface area is 188 Å². The minimum absolute atomic E-state index is 0.320. The van der Waals surface area contributed by atoms with Crippen LogP contribution in [0.5, 0.6) is 5.75 Å². The molecule has 0 spiro atoms. The van der Waals surface area contributed by atoms with Crippen molar-refractivity contribution in [2.45, 2.75) is 39.5 Å². The molecule has 3 aromatic rings. The number of nitrogens with zero attached hydrogens (tertiary/aromatic N) is 1. The van der Waals surface area contributed by atoms with Gasteiger partial charge >= 0.3 is 5.97 Å². The van der Waals surface area contributed by atoms with Crippen LogP contribution in [0.4, 0.5) is 0 Å². The molecule has 1 saturated carbocycles. The molecule has 0 bridgehead atoms. The molecule has 0 atom stereocenters. The van der Waals surface area contributed by atoms with Crippen molar-refractivity contribution in [2.75, 3.05) is 13.2 Å². The number of aromatic nitrogens is 1. The predicted molar refractivity (Wildman–Crippen MR) is 124 cm³/mol. The van der Waals surface area contributed by atoms with Gasteiger partial charge in [-0.3, -0.25) is 0 Å². The Balaban J connectivity index is 1.72. The third-order valence-corrected chi connectivity index (χ3v) is 6.09. The first kappa shape index (κ1) is 21.5. The van der Waals surface area contributed by atoms with Crippen LogP contribution in [0.25, 0.3) is 16.9 Å². The summed E-state index contributed by atoms with van der Waals surface area (Å²) in [6.07, 6.45) is 5.05. The Morgan fingerprint density at radius 3 is 2.68 bits per heavy atom. The van der Waals surface area contributed by atoms with E-state index in [1.807, 2.05) is 50.2 Å². The number of hydrogen-bond acceptors (Lipinski definition) is 3. The van der Waals surface area contributed by atoms with Crippen LogP contribution in [-0.4, -0.2) is 23.8 Å². The lowest BCUT2D eigenvalue weighted by molar-refractivity contribution is 0.0526. The molecular weight excluding hydrogens is 410 g/mol. The van der Waals surface area contributed by atoms with Gasteiger partial charge in [0, 0.05) is 22.0 Å². The summed E-state index contributed by atoms with van der Waals surface area (Å²) in [7, 11) is 0. The summed E-state index contributed by atoms with van der Waals surface area (Å²) in [5, 5.41) is 0.661. The maximum Gasteiger partial charge on any atom is 0.338 e. The average molecular weight is 438 g/mol. The molecule has 31 heavy (non-hydrogen) atoms. The van der Waals surface area contributed by atoms with Crippen LogP contribution in [0.1, 0.15) is 48.7 Å². The average Bonchev–Trinajstić information content (AvgIpc) is 3.42. The standard InChI is InChI=1S/C26H28ClNO3/c1-3-30-26(29)20-9-6-10-22(15-20)28-18(2)11-13-24(28)23-16-21(27)12-14-25(23)31-17-19-7-4-5-8-19/h6,9-16,19H,3-5,7-8,17H2,1-2H3. The molecule has 0 unspecified atom stereocenters. The van der Waals surface area contributed by atoms with Crippen molar-refractivity contribution in [3.8, 4) is 22.7 Å². The molecule has 1 aliphatic carbocycles. The number of rotatable bonds is 7. The maximum absolute atomic E-state index is 12.2. The largest absolute Gasteiger partial charge is 0.493 e. The molecule has 1 aliphatic rings. The minimum Gasteiger partial charge on any atom is -0.493 e. The molecule has 162 valence electrons. The van der Waals surface area contributed by atoms with Crippen molar-refractivity contribution in [3.05, 3.63) is 70.9 Å². The molecule has 1 heterocycles. The van der Waals surface area contributed by atoms with Crippen LogP contribution < -0.4 is 4.74 Å². The summed E-state index contributed by atoms with van der Waals surface area (Å²) in [4.78, 5) is 12.2. The van der Waals surface area contributed by atoms with Gasteiger partial charge in [0.25, 0.3) is 0 Å². The third-order valence-electron chi connectivity index (χ3n) is 5.86. The maximum atomic E-state index is 12.2. The molecule has 0 radical (unpaired) electrons. The highest BCUT2D eigenvalue weighted by atomic mass is 35.5. The number of ether oxygens (including phenoxy) is 2. The first-order chi connectivity index (χ1) is 15.1. The first-order valence-corrected chi connectivity index (χ1v) is 11.3. The zero-order chi connectivity index (χ0) is 21.8. The van der Waals surface area contributed by atoms with E-state index in [-0.39, 0.29) is 5.97 Å². The zero-order valence-corrected chi connectivity index (χ0v) is 18.8. The first-order valence-electron chi connectivity index (χ1n) is 11.0. The monoisotopic (exact) mass is 437 g/mol. The lowest BCUT2D eigenvalue weighted by Gasteiger charge is -2.18. The molecule has 1 fully saturated rings. The molecule has 4 nitrogen and oxygen atoms in total. The van der Waals surface area contributed by atoms with E-state index in [1.165, 1.54) is 25.7 Å². The van der Waals surface area contributed by atoms with Gasteiger partial charge in [0.15, 0.2) is 0 Å². The summed E-state index contributed by atoms with van der Waals surface area (Å²) >= 11 is 6.37. The highest BCUT2D eigenvalue weighted by Crippen LogP contribution is 2.36. The van der Waals surface area contributed by atoms with Crippen LogP contribution in [0.2, 0.25) is 5.02 Å². The Bertz CT molecular complexity index is 1070. The van der Waals surface area contributed by atoms with Crippen molar-refractivity contribution >= 4 is 17.6 Å². The Morgan fingerprint density at radius 1 is 1.10 bits per heavy atom. The SMILES string of the molecule is CCOC(=O)c1cccc(-n2c(C)ccc2-c2cc(Cl)ccc2OCC2CCCC2)c1. The van der Waals surface area contributed by atoms with Crippen LogP contribution >= 0.6 is 11.6 Å². The second-order valence-electron chi connectivity index (χ2n) is 8.07. The molecule has 0 amide bonds. The number of esters is 1. The van der Waals surface area contributed by atoms with E-state index in [0.717, 1.165) is 35.0 Å². The van der Waals surface area contributed by atoms with Crippen molar-refractivity contribution < 1.29 is 14.3 Å². The molecular formula is C26H28ClNO3. The lowest BCUT2D eigenvalue weighted by atomic mass is 10.1. The molecule has 0 aliphatic heterocycles. The van der Waals surface area contributed by atoms with Gasteiger partial charge in [0.05, 0.1) is 24.5 Å². The number of benzene rings is 2. The van der Waals surface area contributed by atoms with Gasteiger partial charge in [0.2, 0.25) is 0 Å². The normalized spacial score (nSPS) is 14.0. The highest BCUT2D eigenvalue weighted by molar-refractivity contribution is 6.31. The quantitative estimate of drug-likeness (QED) is 0.379. The molecule has 0 N–H and O–H groups in total. The van der Waals surface area contributed by atoms with Gasteiger partial charge < -0.3 is 14.0 Å². The summed E-state index contributed by atoms with van der Waals surface area (Å²) in [5.41, 5.74) is 4.40. The number of aryl methyl sites for hydroxylation is 1. The lowest BCUT2D eigenvalue weighted by Crippen LogP contribution is -2.09. The summed E-state index contributed by atoms with van der Waals surface area (Å²) in [5.74, 6) is 1.13. The molecule has 1 aromatic heterocycles. The van der Waals surface area contributed by atoms with Crippen molar-refractivity contribution in [1.29, 1.82) is 0 Å². The number of carbonyl (C=O) groups is 1. The topological polar surface area (TPSA) is 40.5 Å². The second-order valence-corrected chi connectivity index (χ2v) is 8.50. The van der Waals surface area contributed by atoms with E-state index in [2.05, 4.69) is 16.7 Å². The number of halogens is 1. The number of hydrogen-bond donors (Lipinski definition) is 0. The Morgan fingerprint density at radius 2 is 1.90 bits per heavy atom. The predicted octanol–water partition coefficient (Wildman–Crippen LogP) is 6.85. The number of carbonyl (C=O) groups excluding carboxylic acids is 1. The van der Waals surface area contributed by atoms with Gasteiger partial charge in [-0.05, 0) is 81.1 Å². The zero-order valence-electron chi connectivity index (χ0n) is 18.1. The van der Waals surface area contributed by atoms with E-state index in [1.54, 1.807) is 6.07 Å². The van der Waals surface area contributed by atoms with Crippen molar-refractivity contribution in [1.82, 2.24) is 4.57 Å². The van der Waals surface area contributed by atoms with E-state index < -0.39 is 0 Å². The Hall–Kier alpha value is -2.72. The van der Waals surface area contributed by atoms with E-state index >= 15 is 0 Å². The van der Waals surface area contributed by atoms with Crippen LogP contribution in [0.3, 0.4) is 0 Å². The fraction of sp³-hybridized carbons (Fsp3) is 0.346. The Kier molecular flexibility index (Phi) is 6.67. The van der Waals surface area contributed by atoms with Gasteiger partial charge in [0.1, 0.15) is 5.75 Å². The molecule has 4 rings (SSSR count). The third kappa shape index (κ3) is 4.80. The van der Waals surface area contributed by atoms with Gasteiger partial charge in [-0.15, -0.1) is 0 Å². The smallest absolute Gasteiger partial charge is 0.338 e. The van der Waals surface area contributed by atoms with Gasteiger partial charge in [-0.2, -0.15) is 0 Å². The van der Waals surface area contributed by atoms with Crippen LogP contribution in [0, 0.1) is 12.8 Å². The van der Waals surface area contributed by atoms with Gasteiger partial charge in [-0.1, -0.05) is 30.5 Å². The van der Waals surface area contributed by atoms with E-state index in [4.69, 9.17) is 21.1 Å². The summed E-state index contributed by atoms with van der Waals surface area (Å²) in [6, 6.07) is 17.4. The van der Waals surface area contributed by atoms with Crippen LogP contribution in [-0.2, 0) is 4.74 Å². The van der Waals surface area contributed by atoms with Crippen LogP contribution in [0.15, 0.2) is 54.6 Å². The highest BCUT2D eigenvalue weighted by Gasteiger charge is 2.19. The summed E-state index contributed by atoms with van der Waals surface area (Å²) < 4.78 is 13.6. The molecule has 2 aromatic carbocycles. The fourth-order valence-electron chi connectivity index (χ4n) is 4.29. The van der Waals surface area contributed by atoms with Crippen molar-refractivity contribution in [2.24, 2.45) is 5.92 Å². The van der Waals surface area contributed by atoms with Crippen molar-refractivity contribution in [3.63, 3.8) is 0 Å².